The maximum Gasteiger partial charge on any atom is 0.134 e. The minimum Gasteiger partial charge on any atom is -0.497 e. The zero-order chi connectivity index (χ0) is 13.0. The average Bonchev–Trinajstić information content (AvgIpc) is 2.29. The molecule has 0 saturated heterocycles. The first-order valence-corrected chi connectivity index (χ1v) is 6.63. The van der Waals surface area contributed by atoms with E-state index in [0.29, 0.717) is 0 Å². The van der Waals surface area contributed by atoms with Crippen LogP contribution in [0.15, 0.2) is 12.1 Å². The third-order valence-corrected chi connectivity index (χ3v) is 4.23. The molecule has 0 N–H and O–H groups in total. The van der Waals surface area contributed by atoms with Crippen LogP contribution in [0.3, 0.4) is 0 Å². The highest BCUT2D eigenvalue weighted by molar-refractivity contribution is 9.09. The lowest BCUT2D eigenvalue weighted by Crippen LogP contribution is -2.09. The Morgan fingerprint density at radius 3 is 2.00 bits per heavy atom. The van der Waals surface area contributed by atoms with Crippen molar-refractivity contribution in [3.63, 3.8) is 0 Å². The fourth-order valence-electron chi connectivity index (χ4n) is 1.88. The normalized spacial score (nSPS) is 12.9. The summed E-state index contributed by atoms with van der Waals surface area (Å²) in [6.45, 7) is 4.03. The van der Waals surface area contributed by atoms with Crippen molar-refractivity contribution >= 4 is 15.9 Å². The molecule has 1 atom stereocenters. The van der Waals surface area contributed by atoms with Gasteiger partial charge in [-0.1, -0.05) is 42.6 Å². The van der Waals surface area contributed by atoms with E-state index in [1.165, 1.54) is 19.2 Å². The maximum atomic E-state index is 13.8. The molecule has 0 fully saturated rings. The van der Waals surface area contributed by atoms with E-state index in [-0.39, 0.29) is 22.1 Å². The molecule has 96 valence electrons. The van der Waals surface area contributed by atoms with E-state index in [2.05, 4.69) is 15.9 Å². The molecule has 0 aliphatic rings. The van der Waals surface area contributed by atoms with Crippen LogP contribution >= 0.6 is 15.9 Å². The first-order valence-electron chi connectivity index (χ1n) is 5.72. The minimum atomic E-state index is -0.560. The van der Waals surface area contributed by atoms with Gasteiger partial charge in [-0.15, -0.1) is 0 Å². The minimum absolute atomic E-state index is 0.0968. The number of ether oxygens (including phenoxy) is 1. The molecule has 0 aliphatic heterocycles. The van der Waals surface area contributed by atoms with E-state index in [4.69, 9.17) is 4.74 Å². The third kappa shape index (κ3) is 3.18. The molecule has 0 aromatic heterocycles. The van der Waals surface area contributed by atoms with Crippen LogP contribution in [0.2, 0.25) is 0 Å². The van der Waals surface area contributed by atoms with Gasteiger partial charge in [0.2, 0.25) is 0 Å². The van der Waals surface area contributed by atoms with Crippen molar-refractivity contribution in [1.29, 1.82) is 0 Å². The quantitative estimate of drug-likeness (QED) is 0.707. The molecule has 0 bridgehead atoms. The van der Waals surface area contributed by atoms with Crippen LogP contribution in [-0.4, -0.2) is 7.11 Å². The van der Waals surface area contributed by atoms with Crippen molar-refractivity contribution in [1.82, 2.24) is 0 Å². The molecule has 0 aliphatic carbocycles. The third-order valence-electron chi connectivity index (χ3n) is 3.03. The summed E-state index contributed by atoms with van der Waals surface area (Å²) in [4.78, 5) is -0.302. The Morgan fingerprint density at radius 1 is 1.18 bits per heavy atom. The van der Waals surface area contributed by atoms with Crippen LogP contribution in [0.5, 0.6) is 5.75 Å². The number of hydrogen-bond acceptors (Lipinski definition) is 1. The van der Waals surface area contributed by atoms with Gasteiger partial charge in [-0.25, -0.2) is 8.78 Å². The SMILES string of the molecule is CCC(CC)C(Br)c1c(F)cc(OC)cc1F. The highest BCUT2D eigenvalue weighted by atomic mass is 79.9. The van der Waals surface area contributed by atoms with Gasteiger partial charge in [-0.3, -0.25) is 0 Å². The number of benzene rings is 1. The van der Waals surface area contributed by atoms with E-state index in [1.807, 2.05) is 13.8 Å². The fourth-order valence-corrected chi connectivity index (χ4v) is 3.07. The highest BCUT2D eigenvalue weighted by Crippen LogP contribution is 2.38. The number of hydrogen-bond donors (Lipinski definition) is 0. The van der Waals surface area contributed by atoms with Gasteiger partial charge in [0.05, 0.1) is 7.11 Å². The predicted molar refractivity (Wildman–Crippen MR) is 68.7 cm³/mol. The van der Waals surface area contributed by atoms with Crippen molar-refractivity contribution in [2.45, 2.75) is 31.5 Å². The van der Waals surface area contributed by atoms with Crippen LogP contribution in [0.4, 0.5) is 8.78 Å². The molecule has 1 rings (SSSR count). The van der Waals surface area contributed by atoms with Gasteiger partial charge in [-0.2, -0.15) is 0 Å². The Balaban J connectivity index is 3.13. The van der Waals surface area contributed by atoms with Crippen LogP contribution in [0, 0.1) is 17.6 Å². The fraction of sp³-hybridized carbons (Fsp3) is 0.538. The van der Waals surface area contributed by atoms with E-state index >= 15 is 0 Å². The van der Waals surface area contributed by atoms with Crippen LogP contribution < -0.4 is 4.74 Å². The number of alkyl halides is 1. The van der Waals surface area contributed by atoms with Crippen molar-refractivity contribution < 1.29 is 13.5 Å². The summed E-state index contributed by atoms with van der Waals surface area (Å²) in [6, 6.07) is 2.43. The summed E-state index contributed by atoms with van der Waals surface area (Å²) in [6.07, 6.45) is 1.74. The van der Waals surface area contributed by atoms with E-state index in [0.717, 1.165) is 12.8 Å². The molecule has 1 aromatic carbocycles. The lowest BCUT2D eigenvalue weighted by atomic mass is 9.93. The molecule has 1 nitrogen and oxygen atoms in total. The van der Waals surface area contributed by atoms with Gasteiger partial charge in [0.1, 0.15) is 17.4 Å². The van der Waals surface area contributed by atoms with Gasteiger partial charge >= 0.3 is 0 Å². The smallest absolute Gasteiger partial charge is 0.134 e. The first-order chi connectivity index (χ1) is 8.04. The maximum absolute atomic E-state index is 13.8. The molecule has 4 heteroatoms. The monoisotopic (exact) mass is 306 g/mol. The molecule has 0 radical (unpaired) electrons. The van der Waals surface area contributed by atoms with Gasteiger partial charge in [0.25, 0.3) is 0 Å². The molecule has 1 aromatic rings. The Hall–Kier alpha value is -0.640. The van der Waals surface area contributed by atoms with Crippen molar-refractivity contribution in [2.75, 3.05) is 7.11 Å². The molecule has 17 heavy (non-hydrogen) atoms. The number of halogens is 3. The van der Waals surface area contributed by atoms with Crippen molar-refractivity contribution in [3.05, 3.63) is 29.3 Å². The molecule has 0 saturated carbocycles. The second-order valence-corrected chi connectivity index (χ2v) is 4.97. The molecule has 0 spiro atoms. The van der Waals surface area contributed by atoms with Gasteiger partial charge < -0.3 is 4.74 Å². The predicted octanol–water partition coefficient (Wildman–Crippen LogP) is 4.85. The Labute approximate surface area is 109 Å². The van der Waals surface area contributed by atoms with Crippen LogP contribution in [0.1, 0.15) is 37.1 Å². The zero-order valence-corrected chi connectivity index (χ0v) is 11.9. The first kappa shape index (κ1) is 14.4. The zero-order valence-electron chi connectivity index (χ0n) is 10.3. The second kappa shape index (κ2) is 6.34. The van der Waals surface area contributed by atoms with E-state index in [9.17, 15) is 8.78 Å². The summed E-state index contributed by atoms with van der Waals surface area (Å²) in [7, 11) is 1.39. The summed E-state index contributed by atoms with van der Waals surface area (Å²) in [5.74, 6) is -0.702. The largest absolute Gasteiger partial charge is 0.497 e. The van der Waals surface area contributed by atoms with Gasteiger partial charge in [-0.05, 0) is 5.92 Å². The Morgan fingerprint density at radius 2 is 1.65 bits per heavy atom. The topological polar surface area (TPSA) is 9.23 Å². The number of rotatable bonds is 5. The standard InChI is InChI=1S/C13H17BrF2O/c1-4-8(5-2)13(14)12-10(15)6-9(17-3)7-11(12)16/h6-8,13H,4-5H2,1-3H3. The lowest BCUT2D eigenvalue weighted by molar-refractivity contribution is 0.401. The lowest BCUT2D eigenvalue weighted by Gasteiger charge is -2.21. The molecule has 0 heterocycles. The van der Waals surface area contributed by atoms with E-state index < -0.39 is 11.6 Å². The molecule has 0 amide bonds. The number of methoxy groups -OCH3 is 1. The molecular weight excluding hydrogens is 290 g/mol. The van der Waals surface area contributed by atoms with Crippen molar-refractivity contribution in [2.24, 2.45) is 5.92 Å². The highest BCUT2D eigenvalue weighted by Gasteiger charge is 2.24. The summed E-state index contributed by atoms with van der Waals surface area (Å²) >= 11 is 3.40. The summed E-state index contributed by atoms with van der Waals surface area (Å²) in [5.41, 5.74) is 0.0968. The van der Waals surface area contributed by atoms with Gasteiger partial charge in [0.15, 0.2) is 0 Å². The molecular formula is C13H17BrF2O. The average molecular weight is 307 g/mol. The van der Waals surface area contributed by atoms with Crippen LogP contribution in [0.25, 0.3) is 0 Å². The summed E-state index contributed by atoms with van der Waals surface area (Å²) < 4.78 is 32.5. The van der Waals surface area contributed by atoms with Gasteiger partial charge in [0, 0.05) is 22.5 Å². The Kier molecular flexibility index (Phi) is 5.37. The van der Waals surface area contributed by atoms with E-state index in [1.54, 1.807) is 0 Å². The summed E-state index contributed by atoms with van der Waals surface area (Å²) in [5, 5.41) is 0. The Bertz CT molecular complexity index is 355. The molecule has 1 unspecified atom stereocenters. The van der Waals surface area contributed by atoms with Crippen molar-refractivity contribution in [3.8, 4) is 5.75 Å². The second-order valence-electron chi connectivity index (χ2n) is 3.98. The van der Waals surface area contributed by atoms with Crippen LogP contribution in [-0.2, 0) is 0 Å².